The molecule has 0 amide bonds. The Kier molecular flexibility index (Phi) is 4.30. The minimum Gasteiger partial charge on any atom is -0.0649 e. The van der Waals surface area contributed by atoms with Crippen LogP contribution >= 0.6 is 0 Å². The van der Waals surface area contributed by atoms with Crippen molar-refractivity contribution >= 4 is 0 Å². The Morgan fingerprint density at radius 3 is 1.83 bits per heavy atom. The molecule has 0 rings (SSSR count). The van der Waals surface area contributed by atoms with Gasteiger partial charge in [0.2, 0.25) is 0 Å². The van der Waals surface area contributed by atoms with Gasteiger partial charge in [-0.05, 0) is 30.6 Å². The van der Waals surface area contributed by atoms with E-state index in [1.807, 2.05) is 0 Å². The van der Waals surface area contributed by atoms with Crippen LogP contribution in [0.5, 0.6) is 0 Å². The molecule has 0 saturated heterocycles. The summed E-state index contributed by atoms with van der Waals surface area (Å²) in [6.07, 6.45) is 5.18. The Hall–Kier alpha value is 0. The van der Waals surface area contributed by atoms with Crippen molar-refractivity contribution in [2.24, 2.45) is 10.8 Å². The van der Waals surface area contributed by atoms with Gasteiger partial charge in [-0.25, -0.2) is 0 Å². The molecule has 0 unspecified atom stereocenters. The molecule has 0 aliphatic rings. The fourth-order valence-corrected chi connectivity index (χ4v) is 1.22. The van der Waals surface area contributed by atoms with E-state index in [0.29, 0.717) is 5.41 Å². The Balaban J connectivity index is 3.57. The van der Waals surface area contributed by atoms with Crippen molar-refractivity contribution in [3.63, 3.8) is 0 Å². The van der Waals surface area contributed by atoms with E-state index in [9.17, 15) is 0 Å². The van der Waals surface area contributed by atoms with E-state index < -0.39 is 0 Å². The summed E-state index contributed by atoms with van der Waals surface area (Å²) in [6, 6.07) is 0. The quantitative estimate of drug-likeness (QED) is 0.570. The van der Waals surface area contributed by atoms with Crippen molar-refractivity contribution in [2.45, 2.75) is 60.3 Å². The molecule has 0 saturated carbocycles. The Morgan fingerprint density at radius 1 is 1.00 bits per heavy atom. The zero-order valence-corrected chi connectivity index (χ0v) is 9.54. The Bertz CT molecular complexity index is 114. The molecule has 0 aliphatic heterocycles. The molecule has 0 bridgehead atoms. The van der Waals surface area contributed by atoms with Crippen LogP contribution in [0.25, 0.3) is 0 Å². The molecule has 73 valence electrons. The van der Waals surface area contributed by atoms with Gasteiger partial charge < -0.3 is 0 Å². The summed E-state index contributed by atoms with van der Waals surface area (Å²) < 4.78 is 0. The minimum atomic E-state index is 0.268. The first-order chi connectivity index (χ1) is 5.27. The van der Waals surface area contributed by atoms with Crippen LogP contribution in [-0.2, 0) is 0 Å². The topological polar surface area (TPSA) is 0 Å². The fraction of sp³-hybridized carbons (Fsp3) is 0.917. The maximum Gasteiger partial charge on any atom is -0.0354 e. The number of hydrogen-bond acceptors (Lipinski definition) is 0. The molecular weight excluding hydrogens is 144 g/mol. The molecule has 0 fully saturated rings. The van der Waals surface area contributed by atoms with Crippen LogP contribution in [0.1, 0.15) is 60.3 Å². The highest BCUT2D eigenvalue weighted by molar-refractivity contribution is 4.73. The van der Waals surface area contributed by atoms with E-state index in [4.69, 9.17) is 0 Å². The SMILES string of the molecule is [CH2]C(C)(C)CCCC(C)(C)CC. The van der Waals surface area contributed by atoms with Gasteiger partial charge in [-0.3, -0.25) is 0 Å². The lowest BCUT2D eigenvalue weighted by atomic mass is 9.81. The molecule has 0 aromatic carbocycles. The zero-order valence-electron chi connectivity index (χ0n) is 9.54. The summed E-state index contributed by atoms with van der Waals surface area (Å²) in [5, 5.41) is 0. The van der Waals surface area contributed by atoms with Gasteiger partial charge in [-0.2, -0.15) is 0 Å². The molecule has 0 nitrogen and oxygen atoms in total. The van der Waals surface area contributed by atoms with Crippen molar-refractivity contribution in [3.8, 4) is 0 Å². The van der Waals surface area contributed by atoms with Crippen molar-refractivity contribution in [3.05, 3.63) is 6.92 Å². The molecule has 0 aromatic rings. The average molecular weight is 169 g/mol. The highest BCUT2D eigenvalue weighted by atomic mass is 14.2. The smallest absolute Gasteiger partial charge is 0.0354 e. The van der Waals surface area contributed by atoms with E-state index >= 15 is 0 Å². The fourth-order valence-electron chi connectivity index (χ4n) is 1.22. The van der Waals surface area contributed by atoms with Crippen LogP contribution in [0.3, 0.4) is 0 Å². The predicted molar refractivity (Wildman–Crippen MR) is 57.1 cm³/mol. The average Bonchev–Trinajstić information content (AvgIpc) is 1.84. The maximum atomic E-state index is 4.12. The molecule has 0 atom stereocenters. The first kappa shape index (κ1) is 12.0. The summed E-state index contributed by atoms with van der Waals surface area (Å²) >= 11 is 0. The highest BCUT2D eigenvalue weighted by Crippen LogP contribution is 2.30. The third-order valence-electron chi connectivity index (χ3n) is 2.66. The van der Waals surface area contributed by atoms with Gasteiger partial charge in [-0.15, -0.1) is 0 Å². The van der Waals surface area contributed by atoms with Gasteiger partial charge in [0.15, 0.2) is 0 Å². The van der Waals surface area contributed by atoms with Crippen LogP contribution in [0, 0.1) is 17.8 Å². The largest absolute Gasteiger partial charge is 0.0649 e. The molecular formula is C12H25. The summed E-state index contributed by atoms with van der Waals surface area (Å²) in [5.74, 6) is 0. The Morgan fingerprint density at radius 2 is 1.50 bits per heavy atom. The zero-order chi connectivity index (χ0) is 9.83. The third-order valence-corrected chi connectivity index (χ3v) is 2.66. The van der Waals surface area contributed by atoms with Gasteiger partial charge in [0.05, 0.1) is 0 Å². The minimum absolute atomic E-state index is 0.268. The number of hydrogen-bond donors (Lipinski definition) is 0. The van der Waals surface area contributed by atoms with E-state index in [0.717, 1.165) is 0 Å². The van der Waals surface area contributed by atoms with Crippen LogP contribution in [0.4, 0.5) is 0 Å². The second kappa shape index (κ2) is 4.30. The lowest BCUT2D eigenvalue weighted by Gasteiger charge is -2.25. The van der Waals surface area contributed by atoms with Gasteiger partial charge in [-0.1, -0.05) is 47.5 Å². The van der Waals surface area contributed by atoms with Gasteiger partial charge >= 0.3 is 0 Å². The monoisotopic (exact) mass is 169 g/mol. The van der Waals surface area contributed by atoms with Crippen molar-refractivity contribution in [2.75, 3.05) is 0 Å². The van der Waals surface area contributed by atoms with Crippen LogP contribution in [0.15, 0.2) is 0 Å². The van der Waals surface area contributed by atoms with Gasteiger partial charge in [0.25, 0.3) is 0 Å². The van der Waals surface area contributed by atoms with Crippen LogP contribution in [0.2, 0.25) is 0 Å². The van der Waals surface area contributed by atoms with Crippen LogP contribution in [-0.4, -0.2) is 0 Å². The van der Waals surface area contributed by atoms with Crippen LogP contribution < -0.4 is 0 Å². The van der Waals surface area contributed by atoms with E-state index in [2.05, 4.69) is 41.5 Å². The third kappa shape index (κ3) is 6.69. The predicted octanol–water partition coefficient (Wildman–Crippen LogP) is 4.45. The summed E-state index contributed by atoms with van der Waals surface area (Å²) in [6.45, 7) is 15.5. The summed E-state index contributed by atoms with van der Waals surface area (Å²) in [4.78, 5) is 0. The number of rotatable bonds is 5. The summed E-state index contributed by atoms with van der Waals surface area (Å²) in [5.41, 5.74) is 0.801. The van der Waals surface area contributed by atoms with Crippen molar-refractivity contribution in [1.29, 1.82) is 0 Å². The van der Waals surface area contributed by atoms with Crippen molar-refractivity contribution < 1.29 is 0 Å². The van der Waals surface area contributed by atoms with Gasteiger partial charge in [0, 0.05) is 0 Å². The van der Waals surface area contributed by atoms with Gasteiger partial charge in [0.1, 0.15) is 0 Å². The molecule has 1 radical (unpaired) electrons. The summed E-state index contributed by atoms with van der Waals surface area (Å²) in [7, 11) is 0. The van der Waals surface area contributed by atoms with E-state index in [1.54, 1.807) is 0 Å². The van der Waals surface area contributed by atoms with E-state index in [-0.39, 0.29) is 5.41 Å². The second-order valence-corrected chi connectivity index (χ2v) is 5.54. The molecule has 0 spiro atoms. The Labute approximate surface area is 78.8 Å². The first-order valence-corrected chi connectivity index (χ1v) is 5.12. The molecule has 0 heterocycles. The molecule has 0 N–H and O–H groups in total. The molecule has 0 heteroatoms. The lowest BCUT2D eigenvalue weighted by molar-refractivity contribution is 0.285. The van der Waals surface area contributed by atoms with Crippen molar-refractivity contribution in [1.82, 2.24) is 0 Å². The lowest BCUT2D eigenvalue weighted by Crippen LogP contribution is -2.12. The van der Waals surface area contributed by atoms with E-state index in [1.165, 1.54) is 25.7 Å². The molecule has 0 aromatic heterocycles. The normalized spacial score (nSPS) is 13.5. The maximum absolute atomic E-state index is 4.12. The second-order valence-electron chi connectivity index (χ2n) is 5.54. The molecule has 0 aliphatic carbocycles. The molecule has 12 heavy (non-hydrogen) atoms. The first-order valence-electron chi connectivity index (χ1n) is 5.12. The standard InChI is InChI=1S/C12H25/c1-7-12(5,6)10-8-9-11(2,3)4/h2,7-10H2,1,3-6H3. The highest BCUT2D eigenvalue weighted by Gasteiger charge is 2.16.